The standard InChI is InChI=1S/C16H17N3O6/c1-18-12(8-13(20)19(2)16(18)23)17-14(21)9-5-10(15(22)25-4)7-11(6-9)24-3/h5-8H,1-4H3,(H,17,21). The zero-order valence-electron chi connectivity index (χ0n) is 14.2. The number of anilines is 1. The number of amides is 1. The van der Waals surface area contributed by atoms with Crippen LogP contribution in [0.15, 0.2) is 33.9 Å². The molecule has 25 heavy (non-hydrogen) atoms. The number of hydrogen-bond acceptors (Lipinski definition) is 6. The van der Waals surface area contributed by atoms with E-state index in [2.05, 4.69) is 10.1 Å². The van der Waals surface area contributed by atoms with Gasteiger partial charge < -0.3 is 14.8 Å². The molecule has 0 atom stereocenters. The Morgan fingerprint density at radius 2 is 1.60 bits per heavy atom. The van der Waals surface area contributed by atoms with Gasteiger partial charge in [0.15, 0.2) is 0 Å². The molecule has 1 aromatic heterocycles. The fraction of sp³-hybridized carbons (Fsp3) is 0.250. The fourth-order valence-corrected chi connectivity index (χ4v) is 2.13. The van der Waals surface area contributed by atoms with Gasteiger partial charge in [-0.05, 0) is 18.2 Å². The molecule has 0 aliphatic heterocycles. The van der Waals surface area contributed by atoms with Gasteiger partial charge in [0.25, 0.3) is 11.5 Å². The number of esters is 1. The van der Waals surface area contributed by atoms with Crippen LogP contribution in [0, 0.1) is 0 Å². The van der Waals surface area contributed by atoms with Crippen molar-refractivity contribution in [3.8, 4) is 5.75 Å². The zero-order valence-corrected chi connectivity index (χ0v) is 14.2. The first-order valence-electron chi connectivity index (χ1n) is 7.14. The van der Waals surface area contributed by atoms with Gasteiger partial charge in [-0.25, -0.2) is 9.59 Å². The number of benzene rings is 1. The predicted molar refractivity (Wildman–Crippen MR) is 89.2 cm³/mol. The van der Waals surface area contributed by atoms with Crippen LogP contribution in [0.4, 0.5) is 5.82 Å². The van der Waals surface area contributed by atoms with E-state index in [1.165, 1.54) is 46.5 Å². The molecule has 0 saturated heterocycles. The van der Waals surface area contributed by atoms with Crippen LogP contribution in [-0.4, -0.2) is 35.2 Å². The fourth-order valence-electron chi connectivity index (χ4n) is 2.13. The molecule has 2 rings (SSSR count). The summed E-state index contributed by atoms with van der Waals surface area (Å²) in [5.74, 6) is -0.937. The summed E-state index contributed by atoms with van der Waals surface area (Å²) >= 11 is 0. The highest BCUT2D eigenvalue weighted by molar-refractivity contribution is 6.05. The summed E-state index contributed by atoms with van der Waals surface area (Å²) in [6.45, 7) is 0. The molecule has 2 aromatic rings. The maximum atomic E-state index is 12.5. The summed E-state index contributed by atoms with van der Waals surface area (Å²) in [6.07, 6.45) is 0. The second kappa shape index (κ2) is 7.04. The van der Waals surface area contributed by atoms with E-state index in [0.29, 0.717) is 0 Å². The van der Waals surface area contributed by atoms with E-state index in [1.807, 2.05) is 0 Å². The third-order valence-electron chi connectivity index (χ3n) is 3.59. The first kappa shape index (κ1) is 18.0. The van der Waals surface area contributed by atoms with Crippen molar-refractivity contribution in [2.24, 2.45) is 14.1 Å². The second-order valence-electron chi connectivity index (χ2n) is 5.16. The van der Waals surface area contributed by atoms with Gasteiger partial charge in [0, 0.05) is 25.7 Å². The van der Waals surface area contributed by atoms with Gasteiger partial charge in [0.2, 0.25) is 0 Å². The largest absolute Gasteiger partial charge is 0.497 e. The Labute approximate surface area is 142 Å². The molecule has 9 nitrogen and oxygen atoms in total. The average Bonchev–Trinajstić information content (AvgIpc) is 2.62. The molecule has 132 valence electrons. The Morgan fingerprint density at radius 3 is 2.20 bits per heavy atom. The van der Waals surface area contributed by atoms with E-state index in [1.54, 1.807) is 0 Å². The van der Waals surface area contributed by atoms with Crippen molar-refractivity contribution in [3.05, 3.63) is 56.2 Å². The number of hydrogen-bond donors (Lipinski definition) is 1. The number of aromatic nitrogens is 2. The van der Waals surface area contributed by atoms with Crippen LogP contribution in [0.3, 0.4) is 0 Å². The molecule has 0 unspecified atom stereocenters. The van der Waals surface area contributed by atoms with E-state index in [-0.39, 0.29) is 22.7 Å². The number of carbonyl (C=O) groups excluding carboxylic acids is 2. The molecular weight excluding hydrogens is 330 g/mol. The van der Waals surface area contributed by atoms with Crippen molar-refractivity contribution in [2.75, 3.05) is 19.5 Å². The summed E-state index contributed by atoms with van der Waals surface area (Å²) < 4.78 is 11.7. The topological polar surface area (TPSA) is 109 Å². The SMILES string of the molecule is COC(=O)c1cc(OC)cc(C(=O)Nc2cc(=O)n(C)c(=O)n2C)c1. The summed E-state index contributed by atoms with van der Waals surface area (Å²) in [6, 6.07) is 5.29. The Hall–Kier alpha value is -3.36. The van der Waals surface area contributed by atoms with E-state index in [0.717, 1.165) is 15.2 Å². The Kier molecular flexibility index (Phi) is 5.06. The van der Waals surface area contributed by atoms with E-state index in [4.69, 9.17) is 4.74 Å². The molecule has 1 N–H and O–H groups in total. The van der Waals surface area contributed by atoms with Gasteiger partial charge in [-0.15, -0.1) is 0 Å². The summed E-state index contributed by atoms with van der Waals surface area (Å²) in [7, 11) is 5.36. The van der Waals surface area contributed by atoms with Crippen molar-refractivity contribution in [2.45, 2.75) is 0 Å². The molecule has 0 radical (unpaired) electrons. The van der Waals surface area contributed by atoms with E-state index < -0.39 is 23.1 Å². The quantitative estimate of drug-likeness (QED) is 0.788. The van der Waals surface area contributed by atoms with Crippen LogP contribution in [0.2, 0.25) is 0 Å². The highest BCUT2D eigenvalue weighted by Crippen LogP contribution is 2.18. The molecule has 0 fully saturated rings. The Bertz CT molecular complexity index is 957. The minimum atomic E-state index is -0.631. The monoisotopic (exact) mass is 347 g/mol. The lowest BCUT2D eigenvalue weighted by atomic mass is 10.1. The second-order valence-corrected chi connectivity index (χ2v) is 5.16. The smallest absolute Gasteiger partial charge is 0.338 e. The normalized spacial score (nSPS) is 10.2. The zero-order chi connectivity index (χ0) is 18.7. The molecule has 9 heteroatoms. The number of ether oxygens (including phenoxy) is 2. The number of methoxy groups -OCH3 is 2. The van der Waals surface area contributed by atoms with Crippen molar-refractivity contribution in [3.63, 3.8) is 0 Å². The van der Waals surface area contributed by atoms with E-state index in [9.17, 15) is 19.2 Å². The number of carbonyl (C=O) groups is 2. The minimum Gasteiger partial charge on any atom is -0.497 e. The first-order valence-corrected chi connectivity index (χ1v) is 7.14. The van der Waals surface area contributed by atoms with Crippen LogP contribution in [0.1, 0.15) is 20.7 Å². The van der Waals surface area contributed by atoms with Crippen LogP contribution < -0.4 is 21.3 Å². The number of nitrogens with one attached hydrogen (secondary N) is 1. The van der Waals surface area contributed by atoms with Crippen molar-refractivity contribution in [1.29, 1.82) is 0 Å². The van der Waals surface area contributed by atoms with Gasteiger partial charge in [-0.3, -0.25) is 18.7 Å². The maximum Gasteiger partial charge on any atom is 0.338 e. The maximum absolute atomic E-state index is 12.5. The Morgan fingerprint density at radius 1 is 0.960 bits per heavy atom. The van der Waals surface area contributed by atoms with Crippen molar-refractivity contribution < 1.29 is 19.1 Å². The third kappa shape index (κ3) is 3.60. The highest BCUT2D eigenvalue weighted by Gasteiger charge is 2.16. The molecule has 1 heterocycles. The molecule has 0 bridgehead atoms. The van der Waals surface area contributed by atoms with Crippen LogP contribution in [-0.2, 0) is 18.8 Å². The summed E-state index contributed by atoms with van der Waals surface area (Å²) in [4.78, 5) is 47.8. The van der Waals surface area contributed by atoms with Crippen molar-refractivity contribution in [1.82, 2.24) is 9.13 Å². The molecular formula is C16H17N3O6. The van der Waals surface area contributed by atoms with Crippen LogP contribution in [0.25, 0.3) is 0 Å². The average molecular weight is 347 g/mol. The van der Waals surface area contributed by atoms with E-state index >= 15 is 0 Å². The van der Waals surface area contributed by atoms with Crippen LogP contribution >= 0.6 is 0 Å². The van der Waals surface area contributed by atoms with Gasteiger partial charge in [-0.2, -0.15) is 0 Å². The van der Waals surface area contributed by atoms with Gasteiger partial charge >= 0.3 is 11.7 Å². The van der Waals surface area contributed by atoms with Gasteiger partial charge in [0.1, 0.15) is 11.6 Å². The Balaban J connectivity index is 2.44. The molecule has 0 saturated carbocycles. The minimum absolute atomic E-state index is 0.0283. The predicted octanol–water partition coefficient (Wildman–Crippen LogP) is 0.131. The number of rotatable bonds is 4. The highest BCUT2D eigenvalue weighted by atomic mass is 16.5. The lowest BCUT2D eigenvalue weighted by Crippen LogP contribution is -2.38. The third-order valence-corrected chi connectivity index (χ3v) is 3.59. The summed E-state index contributed by atoms with van der Waals surface area (Å²) in [5.41, 5.74) is -0.902. The summed E-state index contributed by atoms with van der Waals surface area (Å²) in [5, 5.41) is 2.47. The molecule has 0 aliphatic carbocycles. The molecule has 0 spiro atoms. The molecule has 1 aromatic carbocycles. The lowest BCUT2D eigenvalue weighted by molar-refractivity contribution is 0.0600. The van der Waals surface area contributed by atoms with Gasteiger partial charge in [0.05, 0.1) is 19.8 Å². The lowest BCUT2D eigenvalue weighted by Gasteiger charge is -2.12. The first-order chi connectivity index (χ1) is 11.8. The van der Waals surface area contributed by atoms with Crippen molar-refractivity contribution >= 4 is 17.7 Å². The van der Waals surface area contributed by atoms with Crippen LogP contribution in [0.5, 0.6) is 5.75 Å². The molecule has 0 aliphatic rings. The number of nitrogens with zero attached hydrogens (tertiary/aromatic N) is 2. The van der Waals surface area contributed by atoms with Gasteiger partial charge in [-0.1, -0.05) is 0 Å². The molecule has 1 amide bonds.